The molecule has 0 heterocycles. The summed E-state index contributed by atoms with van der Waals surface area (Å²) in [7, 11) is -1.32. The second-order valence-corrected chi connectivity index (χ2v) is 8.19. The van der Waals surface area contributed by atoms with Crippen LogP contribution in [0.1, 0.15) is 18.5 Å². The Kier molecular flexibility index (Phi) is 6.71. The summed E-state index contributed by atoms with van der Waals surface area (Å²) in [6.45, 7) is 1.38. The first-order valence-corrected chi connectivity index (χ1v) is 9.87. The molecule has 2 rings (SSSR count). The van der Waals surface area contributed by atoms with Crippen LogP contribution in [0.15, 0.2) is 53.4 Å². The molecular weight excluding hydrogens is 384 g/mol. The quantitative estimate of drug-likeness (QED) is 0.512. The molecule has 2 N–H and O–H groups in total. The Hall–Kier alpha value is -2.98. The number of nitrogens with zero attached hydrogens (tertiary/aromatic N) is 2. The van der Waals surface area contributed by atoms with Gasteiger partial charge in [-0.2, -0.15) is 4.31 Å². The lowest BCUT2D eigenvalue weighted by Crippen LogP contribution is -2.39. The molecule has 0 unspecified atom stereocenters. The zero-order valence-corrected chi connectivity index (χ0v) is 16.6. The lowest BCUT2D eigenvalue weighted by Gasteiger charge is -2.19. The highest BCUT2D eigenvalue weighted by atomic mass is 32.2. The molecule has 0 aliphatic heterocycles. The first kappa shape index (κ1) is 21.3. The summed E-state index contributed by atoms with van der Waals surface area (Å²) in [6.07, 6.45) is 0. The maximum atomic E-state index is 12.7. The monoisotopic (exact) mass is 406 g/mol. The molecule has 0 saturated carbocycles. The van der Waals surface area contributed by atoms with Crippen LogP contribution in [0.2, 0.25) is 0 Å². The van der Waals surface area contributed by atoms with Gasteiger partial charge >= 0.3 is 0 Å². The van der Waals surface area contributed by atoms with Gasteiger partial charge in [0.2, 0.25) is 15.9 Å². The van der Waals surface area contributed by atoms with Crippen LogP contribution in [-0.4, -0.2) is 44.2 Å². The van der Waals surface area contributed by atoms with E-state index >= 15 is 0 Å². The van der Waals surface area contributed by atoms with Crippen molar-refractivity contribution in [3.63, 3.8) is 0 Å². The third kappa shape index (κ3) is 4.84. The van der Waals surface area contributed by atoms with Crippen molar-refractivity contribution in [1.29, 1.82) is 0 Å². The average molecular weight is 406 g/mol. The highest BCUT2D eigenvalue weighted by Gasteiger charge is 2.26. The number of anilines is 1. The molecule has 0 aliphatic rings. The fraction of sp³-hybridized carbons (Fsp3) is 0.278. The Bertz CT molecular complexity index is 963. The van der Waals surface area contributed by atoms with Gasteiger partial charge in [-0.05, 0) is 24.6 Å². The third-order valence-electron chi connectivity index (χ3n) is 4.19. The maximum Gasteiger partial charge on any atom is 0.293 e. The Morgan fingerprint density at radius 3 is 2.43 bits per heavy atom. The molecule has 0 aromatic heterocycles. The highest BCUT2D eigenvalue weighted by Crippen LogP contribution is 2.28. The van der Waals surface area contributed by atoms with Crippen LogP contribution in [0.3, 0.4) is 0 Å². The number of likely N-dealkylation sites (N-methyl/N-ethyl adjacent to an activating group) is 1. The van der Waals surface area contributed by atoms with Crippen molar-refractivity contribution in [3.8, 4) is 0 Å². The SMILES string of the molecule is CNc1ccc(S(=O)(=O)N(C)CC(=O)N[C@@H](C)c2ccccc2)cc1[N+](=O)[O-]. The van der Waals surface area contributed by atoms with Crippen molar-refractivity contribution < 1.29 is 18.1 Å². The van der Waals surface area contributed by atoms with Gasteiger partial charge in [0, 0.05) is 20.2 Å². The van der Waals surface area contributed by atoms with Crippen LogP contribution in [0.5, 0.6) is 0 Å². The summed E-state index contributed by atoms with van der Waals surface area (Å²) < 4.78 is 26.3. The van der Waals surface area contributed by atoms with Crippen molar-refractivity contribution >= 4 is 27.3 Å². The molecule has 28 heavy (non-hydrogen) atoms. The van der Waals surface area contributed by atoms with Gasteiger partial charge in [-0.1, -0.05) is 30.3 Å². The summed E-state index contributed by atoms with van der Waals surface area (Å²) in [5, 5.41) is 16.5. The van der Waals surface area contributed by atoms with E-state index < -0.39 is 27.4 Å². The first-order chi connectivity index (χ1) is 13.2. The van der Waals surface area contributed by atoms with Gasteiger partial charge in [0.1, 0.15) is 5.69 Å². The molecule has 1 atom stereocenters. The molecule has 0 radical (unpaired) electrons. The summed E-state index contributed by atoms with van der Waals surface area (Å²) in [4.78, 5) is 22.5. The van der Waals surface area contributed by atoms with Crippen LogP contribution in [0, 0.1) is 10.1 Å². The number of nitro benzene ring substituents is 1. The first-order valence-electron chi connectivity index (χ1n) is 8.43. The molecule has 9 nitrogen and oxygen atoms in total. The molecule has 0 spiro atoms. The van der Waals surface area contributed by atoms with Crippen LogP contribution < -0.4 is 10.6 Å². The normalized spacial score (nSPS) is 12.4. The molecule has 0 bridgehead atoms. The van der Waals surface area contributed by atoms with Gasteiger partial charge in [-0.25, -0.2) is 8.42 Å². The molecule has 0 saturated heterocycles. The van der Waals surface area contributed by atoms with Crippen LogP contribution in [0.4, 0.5) is 11.4 Å². The Morgan fingerprint density at radius 2 is 1.86 bits per heavy atom. The zero-order valence-electron chi connectivity index (χ0n) is 15.7. The number of sulfonamides is 1. The molecule has 2 aromatic rings. The van der Waals surface area contributed by atoms with E-state index in [0.29, 0.717) is 0 Å². The molecule has 10 heteroatoms. The van der Waals surface area contributed by atoms with Gasteiger partial charge in [0.05, 0.1) is 22.4 Å². The number of rotatable bonds is 8. The Balaban J connectivity index is 2.14. The topological polar surface area (TPSA) is 122 Å². The van der Waals surface area contributed by atoms with E-state index in [4.69, 9.17) is 0 Å². The zero-order chi connectivity index (χ0) is 20.9. The minimum absolute atomic E-state index is 0.195. The van der Waals surface area contributed by atoms with E-state index in [2.05, 4.69) is 10.6 Å². The van der Waals surface area contributed by atoms with Gasteiger partial charge in [-0.3, -0.25) is 14.9 Å². The highest BCUT2D eigenvalue weighted by molar-refractivity contribution is 7.89. The fourth-order valence-electron chi connectivity index (χ4n) is 2.61. The summed E-state index contributed by atoms with van der Waals surface area (Å²) in [5.74, 6) is -0.483. The molecular formula is C18H22N4O5S. The largest absolute Gasteiger partial charge is 0.383 e. The van der Waals surface area contributed by atoms with Crippen LogP contribution >= 0.6 is 0 Å². The van der Waals surface area contributed by atoms with Crippen molar-refractivity contribution in [2.45, 2.75) is 17.9 Å². The number of amides is 1. The Morgan fingerprint density at radius 1 is 1.21 bits per heavy atom. The van der Waals surface area contributed by atoms with Crippen LogP contribution in [0.25, 0.3) is 0 Å². The number of carbonyl (C=O) groups excluding carboxylic acids is 1. The van der Waals surface area contributed by atoms with Crippen molar-refractivity contribution in [2.75, 3.05) is 26.0 Å². The number of nitrogens with one attached hydrogen (secondary N) is 2. The standard InChI is InChI=1S/C18H22N4O5S/c1-13(14-7-5-4-6-8-14)20-18(23)12-21(3)28(26,27)15-9-10-16(19-2)17(11-15)22(24)25/h4-11,13,19H,12H2,1-3H3,(H,20,23)/t13-/m0/s1. The smallest absolute Gasteiger partial charge is 0.293 e. The lowest BCUT2D eigenvalue weighted by molar-refractivity contribution is -0.384. The van der Waals surface area contributed by atoms with E-state index in [0.717, 1.165) is 15.9 Å². The second-order valence-electron chi connectivity index (χ2n) is 6.15. The number of hydrogen-bond donors (Lipinski definition) is 2. The lowest BCUT2D eigenvalue weighted by atomic mass is 10.1. The van der Waals surface area contributed by atoms with E-state index in [1.165, 1.54) is 26.2 Å². The van der Waals surface area contributed by atoms with Gasteiger partial charge < -0.3 is 10.6 Å². The predicted molar refractivity (Wildman–Crippen MR) is 105 cm³/mol. The number of benzene rings is 2. The molecule has 0 fully saturated rings. The summed E-state index contributed by atoms with van der Waals surface area (Å²) >= 11 is 0. The van der Waals surface area contributed by atoms with E-state index in [1.807, 2.05) is 30.3 Å². The van der Waals surface area contributed by atoms with E-state index in [9.17, 15) is 23.3 Å². The van der Waals surface area contributed by atoms with Gasteiger partial charge in [0.25, 0.3) is 5.69 Å². The average Bonchev–Trinajstić information content (AvgIpc) is 2.67. The number of hydrogen-bond acceptors (Lipinski definition) is 6. The van der Waals surface area contributed by atoms with Crippen molar-refractivity contribution in [3.05, 3.63) is 64.2 Å². The maximum absolute atomic E-state index is 12.7. The van der Waals surface area contributed by atoms with Gasteiger partial charge in [0.15, 0.2) is 0 Å². The van der Waals surface area contributed by atoms with Crippen LogP contribution in [-0.2, 0) is 14.8 Å². The number of nitro groups is 1. The van der Waals surface area contributed by atoms with Crippen molar-refractivity contribution in [2.24, 2.45) is 0 Å². The summed E-state index contributed by atoms with van der Waals surface area (Å²) in [5.41, 5.74) is 0.722. The van der Waals surface area contributed by atoms with Crippen molar-refractivity contribution in [1.82, 2.24) is 9.62 Å². The molecule has 0 aliphatic carbocycles. The third-order valence-corrected chi connectivity index (χ3v) is 5.99. The fourth-order valence-corrected chi connectivity index (χ4v) is 3.76. The minimum Gasteiger partial charge on any atom is -0.383 e. The second kappa shape index (κ2) is 8.81. The Labute approximate surface area is 163 Å². The van der Waals surface area contributed by atoms with Gasteiger partial charge in [-0.15, -0.1) is 0 Å². The van der Waals surface area contributed by atoms with E-state index in [-0.39, 0.29) is 22.3 Å². The molecule has 2 aromatic carbocycles. The minimum atomic E-state index is -4.08. The number of carbonyl (C=O) groups is 1. The molecule has 150 valence electrons. The summed E-state index contributed by atoms with van der Waals surface area (Å²) in [6, 6.07) is 12.5. The predicted octanol–water partition coefficient (Wildman–Crippen LogP) is 2.13. The van der Waals surface area contributed by atoms with E-state index in [1.54, 1.807) is 6.92 Å². The molecule has 1 amide bonds.